The maximum Gasteiger partial charge on any atom is 0.124 e. The molecular weight excluding hydrogens is 480 g/mol. The number of aromatic nitrogens is 4. The van der Waals surface area contributed by atoms with Gasteiger partial charge in [-0.05, 0) is 90.7 Å². The molecule has 0 saturated carbocycles. The zero-order chi connectivity index (χ0) is 26.3. The Hall–Kier alpha value is -3.48. The number of benzene rings is 3. The molecule has 6 heteroatoms. The molecule has 0 radical (unpaired) electrons. The van der Waals surface area contributed by atoms with Crippen molar-refractivity contribution in [3.05, 3.63) is 72.4 Å². The lowest BCUT2D eigenvalue weighted by Crippen LogP contribution is -2.27. The molecule has 2 aromatic heterocycles. The first-order valence-corrected chi connectivity index (χ1v) is 14.8. The lowest BCUT2D eigenvalue weighted by Gasteiger charge is -2.16. The predicted octanol–water partition coefficient (Wildman–Crippen LogP) is 7.43. The quantitative estimate of drug-likeness (QED) is 0.181. The molecule has 2 saturated heterocycles. The number of imidazole rings is 2. The summed E-state index contributed by atoms with van der Waals surface area (Å²) in [4.78, 5) is 16.8. The average Bonchev–Trinajstić information content (AvgIpc) is 3.78. The summed E-state index contributed by atoms with van der Waals surface area (Å²) >= 11 is 0. The highest BCUT2D eigenvalue weighted by Gasteiger charge is 2.34. The van der Waals surface area contributed by atoms with Crippen LogP contribution < -0.4 is 10.6 Å². The molecule has 2 aliphatic heterocycles. The van der Waals surface area contributed by atoms with Crippen LogP contribution in [0, 0.1) is 5.92 Å². The summed E-state index contributed by atoms with van der Waals surface area (Å²) in [5.41, 5.74) is 6.83. The van der Waals surface area contributed by atoms with Gasteiger partial charge in [-0.25, -0.2) is 9.97 Å². The third kappa shape index (κ3) is 4.66. The van der Waals surface area contributed by atoms with Gasteiger partial charge in [0.25, 0.3) is 0 Å². The molecule has 200 valence electrons. The van der Waals surface area contributed by atoms with E-state index in [4.69, 9.17) is 4.98 Å². The number of aromatic amines is 2. The molecule has 2 aliphatic rings. The Morgan fingerprint density at radius 3 is 2.44 bits per heavy atom. The van der Waals surface area contributed by atoms with Crippen molar-refractivity contribution in [1.29, 1.82) is 0 Å². The molecule has 39 heavy (non-hydrogen) atoms. The van der Waals surface area contributed by atoms with E-state index in [1.165, 1.54) is 59.6 Å². The van der Waals surface area contributed by atoms with Crippen molar-refractivity contribution >= 4 is 21.8 Å². The lowest BCUT2D eigenvalue weighted by molar-refractivity contribution is 0.406. The van der Waals surface area contributed by atoms with Crippen LogP contribution >= 0.6 is 0 Å². The van der Waals surface area contributed by atoms with Crippen molar-refractivity contribution in [3.63, 3.8) is 0 Å². The van der Waals surface area contributed by atoms with Crippen LogP contribution in [0.4, 0.5) is 0 Å². The molecular formula is C33H38N6. The standard InChI is InChI=1S/C33H38N6/c1-3-6-24-18-30(36-26(24)4-2)33-37-27-13-12-23(17-29(27)38-33)21-8-9-22-16-25(11-10-20(22)15-21)31-19-35-32(39-31)28-7-5-14-34-28/h8-13,15-17,19,24,26,28,30,34,36H,3-7,14,18H2,1-2H3,(H,35,39)(H,37,38)/t24-,26-,28-,30-/m0/s1. The second-order valence-corrected chi connectivity index (χ2v) is 11.5. The number of hydrogen-bond acceptors (Lipinski definition) is 4. The number of hydrogen-bond donors (Lipinski definition) is 4. The van der Waals surface area contributed by atoms with Crippen LogP contribution in [0.3, 0.4) is 0 Å². The number of rotatable bonds is 7. The Labute approximate surface area is 230 Å². The van der Waals surface area contributed by atoms with Crippen LogP contribution in [0.5, 0.6) is 0 Å². The second kappa shape index (κ2) is 10.2. The van der Waals surface area contributed by atoms with E-state index >= 15 is 0 Å². The molecule has 4 atom stereocenters. The molecule has 2 fully saturated rings. The highest BCUT2D eigenvalue weighted by Crippen LogP contribution is 2.36. The summed E-state index contributed by atoms with van der Waals surface area (Å²) in [6, 6.07) is 21.3. The fourth-order valence-electron chi connectivity index (χ4n) is 6.81. The largest absolute Gasteiger partial charge is 0.341 e. The van der Waals surface area contributed by atoms with E-state index in [1.807, 2.05) is 6.20 Å². The Bertz CT molecular complexity index is 1610. The van der Waals surface area contributed by atoms with Gasteiger partial charge >= 0.3 is 0 Å². The summed E-state index contributed by atoms with van der Waals surface area (Å²) in [7, 11) is 0. The van der Waals surface area contributed by atoms with E-state index in [-0.39, 0.29) is 0 Å². The van der Waals surface area contributed by atoms with Crippen molar-refractivity contribution in [3.8, 4) is 22.4 Å². The third-order valence-electron chi connectivity index (χ3n) is 8.92. The van der Waals surface area contributed by atoms with Crippen LogP contribution in [-0.2, 0) is 0 Å². The van der Waals surface area contributed by atoms with E-state index in [0.29, 0.717) is 18.1 Å². The fraction of sp³-hybridized carbons (Fsp3) is 0.394. The van der Waals surface area contributed by atoms with Gasteiger partial charge in [-0.3, -0.25) is 0 Å². The molecule has 3 aromatic carbocycles. The van der Waals surface area contributed by atoms with Gasteiger partial charge in [-0.1, -0.05) is 50.6 Å². The van der Waals surface area contributed by atoms with Crippen molar-refractivity contribution in [2.24, 2.45) is 5.92 Å². The van der Waals surface area contributed by atoms with Crippen molar-refractivity contribution < 1.29 is 0 Å². The zero-order valence-electron chi connectivity index (χ0n) is 22.9. The molecule has 0 spiro atoms. The molecule has 0 aliphatic carbocycles. The van der Waals surface area contributed by atoms with Crippen LogP contribution in [0.2, 0.25) is 0 Å². The van der Waals surface area contributed by atoms with E-state index in [0.717, 1.165) is 47.3 Å². The highest BCUT2D eigenvalue weighted by atomic mass is 15.1. The summed E-state index contributed by atoms with van der Waals surface area (Å²) in [6.45, 7) is 5.65. The zero-order valence-corrected chi connectivity index (χ0v) is 22.9. The molecule has 4 heterocycles. The van der Waals surface area contributed by atoms with Crippen LogP contribution in [0.1, 0.15) is 76.1 Å². The third-order valence-corrected chi connectivity index (χ3v) is 8.92. The molecule has 6 nitrogen and oxygen atoms in total. The summed E-state index contributed by atoms with van der Waals surface area (Å²) < 4.78 is 0. The van der Waals surface area contributed by atoms with Crippen molar-refractivity contribution in [2.75, 3.05) is 6.54 Å². The summed E-state index contributed by atoms with van der Waals surface area (Å²) in [5.74, 6) is 2.87. The number of nitrogens with zero attached hydrogens (tertiary/aromatic N) is 2. The fourth-order valence-corrected chi connectivity index (χ4v) is 6.81. The monoisotopic (exact) mass is 518 g/mol. The minimum absolute atomic E-state index is 0.317. The van der Waals surface area contributed by atoms with Crippen LogP contribution in [0.15, 0.2) is 60.8 Å². The van der Waals surface area contributed by atoms with Gasteiger partial charge in [-0.15, -0.1) is 0 Å². The molecule has 5 aromatic rings. The lowest BCUT2D eigenvalue weighted by atomic mass is 9.93. The molecule has 0 unspecified atom stereocenters. The Morgan fingerprint density at radius 2 is 1.64 bits per heavy atom. The average molecular weight is 519 g/mol. The van der Waals surface area contributed by atoms with Gasteiger partial charge in [0.05, 0.1) is 35.0 Å². The van der Waals surface area contributed by atoms with Gasteiger partial charge in [0.2, 0.25) is 0 Å². The molecule has 4 N–H and O–H groups in total. The SMILES string of the molecule is CCC[C@H]1C[C@@H](c2nc3ccc(-c4ccc5cc(-c6cnc([C@@H]7CCCN7)[nH]6)ccc5c4)cc3[nH]2)N[C@H]1CC. The van der Waals surface area contributed by atoms with Crippen LogP contribution in [0.25, 0.3) is 44.2 Å². The van der Waals surface area contributed by atoms with E-state index in [9.17, 15) is 0 Å². The minimum Gasteiger partial charge on any atom is -0.341 e. The Kier molecular flexibility index (Phi) is 6.45. The molecule has 0 bridgehead atoms. The summed E-state index contributed by atoms with van der Waals surface area (Å²) in [5, 5.41) is 9.84. The van der Waals surface area contributed by atoms with E-state index in [1.54, 1.807) is 0 Å². The minimum atomic E-state index is 0.317. The van der Waals surface area contributed by atoms with Crippen molar-refractivity contribution in [1.82, 2.24) is 30.6 Å². The van der Waals surface area contributed by atoms with Gasteiger partial charge in [0.15, 0.2) is 0 Å². The predicted molar refractivity (Wildman–Crippen MR) is 160 cm³/mol. The topological polar surface area (TPSA) is 81.4 Å². The number of nitrogens with one attached hydrogen (secondary N) is 4. The summed E-state index contributed by atoms with van der Waals surface area (Å²) in [6.07, 6.45) is 9.20. The Morgan fingerprint density at radius 1 is 0.846 bits per heavy atom. The first kappa shape index (κ1) is 24.6. The van der Waals surface area contributed by atoms with E-state index in [2.05, 4.69) is 94.0 Å². The smallest absolute Gasteiger partial charge is 0.124 e. The highest BCUT2D eigenvalue weighted by molar-refractivity contribution is 5.91. The first-order chi connectivity index (χ1) is 19.2. The second-order valence-electron chi connectivity index (χ2n) is 11.5. The maximum absolute atomic E-state index is 4.98. The molecule has 0 amide bonds. The van der Waals surface area contributed by atoms with Crippen LogP contribution in [-0.4, -0.2) is 32.5 Å². The Balaban J connectivity index is 1.13. The van der Waals surface area contributed by atoms with Crippen molar-refractivity contribution in [2.45, 2.75) is 70.5 Å². The van der Waals surface area contributed by atoms with Gasteiger partial charge in [0, 0.05) is 11.6 Å². The molecule has 7 rings (SSSR count). The maximum atomic E-state index is 4.98. The number of H-pyrrole nitrogens is 2. The normalized spacial score (nSPS) is 23.3. The first-order valence-electron chi connectivity index (χ1n) is 14.8. The van der Waals surface area contributed by atoms with Gasteiger partial charge < -0.3 is 20.6 Å². The van der Waals surface area contributed by atoms with Gasteiger partial charge in [-0.2, -0.15) is 0 Å². The van der Waals surface area contributed by atoms with E-state index < -0.39 is 0 Å². The number of fused-ring (bicyclic) bond motifs is 2. The van der Waals surface area contributed by atoms with Gasteiger partial charge in [0.1, 0.15) is 11.6 Å².